The van der Waals surface area contributed by atoms with E-state index in [4.69, 9.17) is 11.5 Å². The zero-order valence-corrected chi connectivity index (χ0v) is 6.28. The van der Waals surface area contributed by atoms with Crippen LogP contribution in [0.2, 0.25) is 0 Å². The van der Waals surface area contributed by atoms with Gasteiger partial charge < -0.3 is 5.11 Å². The van der Waals surface area contributed by atoms with Gasteiger partial charge in [0.1, 0.15) is 0 Å². The van der Waals surface area contributed by atoms with Crippen LogP contribution in [0.3, 0.4) is 0 Å². The normalized spacial score (nSPS) is 12.1. The fourth-order valence-electron chi connectivity index (χ4n) is 0.726. The highest BCUT2D eigenvalue weighted by Gasteiger charge is 2.02. The third kappa shape index (κ3) is 1.79. The van der Waals surface area contributed by atoms with Gasteiger partial charge in [-0.15, -0.1) is 6.42 Å². The number of nitrogens with zero attached hydrogens (tertiary/aromatic N) is 1. The van der Waals surface area contributed by atoms with E-state index in [9.17, 15) is 0 Å². The molecule has 0 aliphatic carbocycles. The average Bonchev–Trinajstić information content (AvgIpc) is 2.05. The first kappa shape index (κ1) is 7.77. The SMILES string of the molecule is C#CC(O)c1ccc(C)cn1. The molecule has 1 heterocycles. The Kier molecular flexibility index (Phi) is 2.25. The molecule has 1 unspecified atom stereocenters. The predicted molar refractivity (Wildman–Crippen MR) is 42.8 cm³/mol. The van der Waals surface area contributed by atoms with Crippen molar-refractivity contribution in [2.45, 2.75) is 13.0 Å². The maximum Gasteiger partial charge on any atom is 0.156 e. The molecule has 1 N–H and O–H groups in total. The minimum Gasteiger partial charge on any atom is -0.374 e. The number of pyridine rings is 1. The third-order valence-electron chi connectivity index (χ3n) is 1.37. The highest BCUT2D eigenvalue weighted by atomic mass is 16.3. The summed E-state index contributed by atoms with van der Waals surface area (Å²) in [5.41, 5.74) is 1.58. The standard InChI is InChI=1S/C9H9NO/c1-3-9(11)8-5-4-7(2)6-10-8/h1,4-6,9,11H,2H3. The lowest BCUT2D eigenvalue weighted by Crippen LogP contribution is -1.96. The molecular weight excluding hydrogens is 138 g/mol. The Labute approximate surface area is 65.9 Å². The van der Waals surface area contributed by atoms with Gasteiger partial charge in [0.05, 0.1) is 5.69 Å². The molecule has 0 fully saturated rings. The molecule has 1 rings (SSSR count). The molecule has 1 atom stereocenters. The lowest BCUT2D eigenvalue weighted by Gasteiger charge is -2.01. The Morgan fingerprint density at radius 2 is 2.36 bits per heavy atom. The van der Waals surface area contributed by atoms with Crippen LogP contribution in [0.4, 0.5) is 0 Å². The van der Waals surface area contributed by atoms with E-state index in [0.29, 0.717) is 5.69 Å². The van der Waals surface area contributed by atoms with Gasteiger partial charge in [-0.05, 0) is 18.6 Å². The van der Waals surface area contributed by atoms with Gasteiger partial charge in [0.25, 0.3) is 0 Å². The van der Waals surface area contributed by atoms with Crippen LogP contribution in [0.25, 0.3) is 0 Å². The van der Waals surface area contributed by atoms with Crippen LogP contribution in [0.1, 0.15) is 17.4 Å². The summed E-state index contributed by atoms with van der Waals surface area (Å²) in [6.45, 7) is 1.93. The van der Waals surface area contributed by atoms with Crippen molar-refractivity contribution in [3.8, 4) is 12.3 Å². The molecule has 0 aliphatic rings. The summed E-state index contributed by atoms with van der Waals surface area (Å²) in [7, 11) is 0. The van der Waals surface area contributed by atoms with E-state index in [0.717, 1.165) is 5.56 Å². The molecular formula is C9H9NO. The Morgan fingerprint density at radius 3 is 2.82 bits per heavy atom. The van der Waals surface area contributed by atoms with Gasteiger partial charge in [-0.3, -0.25) is 4.98 Å². The van der Waals surface area contributed by atoms with E-state index >= 15 is 0 Å². The molecule has 11 heavy (non-hydrogen) atoms. The second kappa shape index (κ2) is 3.18. The first-order chi connectivity index (χ1) is 5.24. The molecule has 0 aromatic carbocycles. The lowest BCUT2D eigenvalue weighted by atomic mass is 10.2. The number of aromatic nitrogens is 1. The maximum atomic E-state index is 9.12. The number of hydrogen-bond acceptors (Lipinski definition) is 2. The number of hydrogen-bond donors (Lipinski definition) is 1. The van der Waals surface area contributed by atoms with Crippen LogP contribution in [0.5, 0.6) is 0 Å². The zero-order chi connectivity index (χ0) is 8.27. The Hall–Kier alpha value is -1.33. The Bertz CT molecular complexity index is 271. The smallest absolute Gasteiger partial charge is 0.156 e. The summed E-state index contributed by atoms with van der Waals surface area (Å²) in [6.07, 6.45) is 5.80. The first-order valence-electron chi connectivity index (χ1n) is 3.31. The summed E-state index contributed by atoms with van der Waals surface area (Å²) in [6, 6.07) is 3.59. The van der Waals surface area contributed by atoms with Crippen molar-refractivity contribution < 1.29 is 5.11 Å². The van der Waals surface area contributed by atoms with Gasteiger partial charge in [0.2, 0.25) is 0 Å². The summed E-state index contributed by atoms with van der Waals surface area (Å²) >= 11 is 0. The van der Waals surface area contributed by atoms with Gasteiger partial charge in [-0.25, -0.2) is 0 Å². The minimum atomic E-state index is -0.879. The van der Waals surface area contributed by atoms with Gasteiger partial charge in [-0.1, -0.05) is 12.0 Å². The van der Waals surface area contributed by atoms with Crippen molar-refractivity contribution in [1.82, 2.24) is 4.98 Å². The van der Waals surface area contributed by atoms with E-state index in [1.165, 1.54) is 0 Å². The van der Waals surface area contributed by atoms with Crippen LogP contribution in [0, 0.1) is 19.3 Å². The van der Waals surface area contributed by atoms with Crippen LogP contribution >= 0.6 is 0 Å². The van der Waals surface area contributed by atoms with Crippen LogP contribution in [0.15, 0.2) is 18.3 Å². The molecule has 56 valence electrons. The van der Waals surface area contributed by atoms with Gasteiger partial charge in [0, 0.05) is 6.20 Å². The molecule has 0 aliphatic heterocycles. The number of terminal acetylenes is 1. The quantitative estimate of drug-likeness (QED) is 0.602. The highest BCUT2D eigenvalue weighted by molar-refractivity contribution is 5.18. The number of aryl methyl sites for hydroxylation is 1. The topological polar surface area (TPSA) is 33.1 Å². The van der Waals surface area contributed by atoms with Gasteiger partial charge in [-0.2, -0.15) is 0 Å². The van der Waals surface area contributed by atoms with E-state index < -0.39 is 6.10 Å². The van der Waals surface area contributed by atoms with E-state index in [2.05, 4.69) is 10.9 Å². The van der Waals surface area contributed by atoms with E-state index in [1.807, 2.05) is 13.0 Å². The molecule has 0 saturated carbocycles. The third-order valence-corrected chi connectivity index (χ3v) is 1.37. The summed E-state index contributed by atoms with van der Waals surface area (Å²) < 4.78 is 0. The predicted octanol–water partition coefficient (Wildman–Crippen LogP) is 1.06. The van der Waals surface area contributed by atoms with E-state index in [-0.39, 0.29) is 0 Å². The fourth-order valence-corrected chi connectivity index (χ4v) is 0.726. The van der Waals surface area contributed by atoms with Crippen LogP contribution in [-0.4, -0.2) is 10.1 Å². The molecule has 0 bridgehead atoms. The molecule has 2 heteroatoms. The number of aliphatic hydroxyl groups is 1. The summed E-state index contributed by atoms with van der Waals surface area (Å²) in [5.74, 6) is 2.19. The molecule has 0 saturated heterocycles. The molecule has 1 aromatic heterocycles. The van der Waals surface area contributed by atoms with Crippen molar-refractivity contribution in [1.29, 1.82) is 0 Å². The first-order valence-corrected chi connectivity index (χ1v) is 3.31. The summed E-state index contributed by atoms with van der Waals surface area (Å²) in [4.78, 5) is 3.96. The van der Waals surface area contributed by atoms with Crippen molar-refractivity contribution >= 4 is 0 Å². The highest BCUT2D eigenvalue weighted by Crippen LogP contribution is 2.07. The second-order valence-electron chi connectivity index (χ2n) is 2.33. The van der Waals surface area contributed by atoms with Gasteiger partial charge >= 0.3 is 0 Å². The average molecular weight is 147 g/mol. The Balaban J connectivity index is 2.92. The van der Waals surface area contributed by atoms with Crippen LogP contribution < -0.4 is 0 Å². The maximum absolute atomic E-state index is 9.12. The van der Waals surface area contributed by atoms with Crippen molar-refractivity contribution in [2.75, 3.05) is 0 Å². The number of aliphatic hydroxyl groups excluding tert-OH is 1. The monoisotopic (exact) mass is 147 g/mol. The summed E-state index contributed by atoms with van der Waals surface area (Å²) in [5, 5.41) is 9.12. The molecule has 1 aromatic rings. The molecule has 0 spiro atoms. The van der Waals surface area contributed by atoms with Crippen molar-refractivity contribution in [2.24, 2.45) is 0 Å². The molecule has 2 nitrogen and oxygen atoms in total. The second-order valence-corrected chi connectivity index (χ2v) is 2.33. The van der Waals surface area contributed by atoms with Gasteiger partial charge in [0.15, 0.2) is 6.10 Å². The minimum absolute atomic E-state index is 0.526. The largest absolute Gasteiger partial charge is 0.374 e. The molecule has 0 amide bonds. The van der Waals surface area contributed by atoms with E-state index in [1.54, 1.807) is 12.3 Å². The Morgan fingerprint density at radius 1 is 1.64 bits per heavy atom. The lowest BCUT2D eigenvalue weighted by molar-refractivity contribution is 0.233. The van der Waals surface area contributed by atoms with Crippen molar-refractivity contribution in [3.05, 3.63) is 29.6 Å². The fraction of sp³-hybridized carbons (Fsp3) is 0.222. The number of rotatable bonds is 1. The zero-order valence-electron chi connectivity index (χ0n) is 6.28. The van der Waals surface area contributed by atoms with Crippen molar-refractivity contribution in [3.63, 3.8) is 0 Å². The molecule has 0 radical (unpaired) electrons. The van der Waals surface area contributed by atoms with Crippen LogP contribution in [-0.2, 0) is 0 Å².